The van der Waals surface area contributed by atoms with Crippen LogP contribution >= 0.6 is 0 Å². The standard InChI is InChI=1S/C17H19NO4.C10H10N4O/c1-18-14-12-13(2-3-15(14)22-9-5-16(18)19)4-6-17(20)7-10-21-11-8-17;11-9(15)10-12-7-14(13-10)6-8-4-2-1-3-5-8/h2-3,12,20H,5,7-11H2,1H3;1-5,7H,6H2,(H2,11,15). The summed E-state index contributed by atoms with van der Waals surface area (Å²) in [5.74, 6) is 6.10. The second-order valence-corrected chi connectivity index (χ2v) is 8.74. The number of aromatic nitrogens is 3. The van der Waals surface area contributed by atoms with Crippen molar-refractivity contribution in [3.8, 4) is 17.6 Å². The first kappa shape index (κ1) is 25.9. The number of hydrogen-bond acceptors (Lipinski definition) is 7. The Labute approximate surface area is 215 Å². The summed E-state index contributed by atoms with van der Waals surface area (Å²) >= 11 is 0. The Balaban J connectivity index is 0.000000186. The van der Waals surface area contributed by atoms with E-state index < -0.39 is 11.5 Å². The fraction of sp³-hybridized carbons (Fsp3) is 0.333. The maximum atomic E-state index is 11.9. The van der Waals surface area contributed by atoms with E-state index in [-0.39, 0.29) is 11.7 Å². The minimum atomic E-state index is -0.983. The molecule has 2 aliphatic rings. The van der Waals surface area contributed by atoms with Gasteiger partial charge in [-0.25, -0.2) is 9.67 Å². The van der Waals surface area contributed by atoms with Gasteiger partial charge in [0.1, 0.15) is 17.7 Å². The summed E-state index contributed by atoms with van der Waals surface area (Å²) in [5, 5.41) is 14.3. The molecule has 1 fully saturated rings. The molecule has 10 nitrogen and oxygen atoms in total. The molecular formula is C27H29N5O5. The average Bonchev–Trinajstić information content (AvgIpc) is 3.32. The van der Waals surface area contributed by atoms with Crippen molar-refractivity contribution in [2.45, 2.75) is 31.4 Å². The first-order chi connectivity index (χ1) is 17.8. The molecule has 0 radical (unpaired) electrons. The van der Waals surface area contributed by atoms with E-state index in [9.17, 15) is 14.7 Å². The molecule has 0 bridgehead atoms. The van der Waals surface area contributed by atoms with Crippen molar-refractivity contribution in [2.24, 2.45) is 5.73 Å². The molecule has 192 valence electrons. The number of fused-ring (bicyclic) bond motifs is 1. The Morgan fingerprint density at radius 1 is 1.16 bits per heavy atom. The Morgan fingerprint density at radius 2 is 1.92 bits per heavy atom. The minimum absolute atomic E-state index is 0.0203. The summed E-state index contributed by atoms with van der Waals surface area (Å²) in [6.45, 7) is 2.03. The summed E-state index contributed by atoms with van der Waals surface area (Å²) in [6.07, 6.45) is 2.90. The lowest BCUT2D eigenvalue weighted by Gasteiger charge is -2.26. The largest absolute Gasteiger partial charge is 0.491 e. The van der Waals surface area contributed by atoms with Crippen LogP contribution in [0.4, 0.5) is 5.69 Å². The van der Waals surface area contributed by atoms with Gasteiger partial charge < -0.3 is 25.2 Å². The molecule has 0 spiro atoms. The van der Waals surface area contributed by atoms with Gasteiger partial charge in [0.25, 0.3) is 5.91 Å². The van der Waals surface area contributed by atoms with Gasteiger partial charge >= 0.3 is 0 Å². The highest BCUT2D eigenvalue weighted by Gasteiger charge is 2.27. The minimum Gasteiger partial charge on any atom is -0.491 e. The molecule has 5 rings (SSSR count). The van der Waals surface area contributed by atoms with E-state index >= 15 is 0 Å². The number of nitrogens with zero attached hydrogens (tertiary/aromatic N) is 4. The number of aliphatic hydroxyl groups is 1. The van der Waals surface area contributed by atoms with Crippen molar-refractivity contribution in [3.05, 3.63) is 71.8 Å². The lowest BCUT2D eigenvalue weighted by molar-refractivity contribution is -0.118. The van der Waals surface area contributed by atoms with Gasteiger partial charge in [-0.1, -0.05) is 42.2 Å². The van der Waals surface area contributed by atoms with Crippen LogP contribution in [0.15, 0.2) is 54.9 Å². The van der Waals surface area contributed by atoms with E-state index in [0.717, 1.165) is 11.1 Å². The summed E-state index contributed by atoms with van der Waals surface area (Å²) in [6, 6.07) is 15.3. The van der Waals surface area contributed by atoms with Gasteiger partial charge in [-0.15, -0.1) is 5.10 Å². The number of carbonyl (C=O) groups is 2. The van der Waals surface area contributed by atoms with E-state index in [1.807, 2.05) is 48.5 Å². The molecule has 10 heteroatoms. The predicted molar refractivity (Wildman–Crippen MR) is 136 cm³/mol. The van der Waals surface area contributed by atoms with Crippen molar-refractivity contribution in [1.29, 1.82) is 0 Å². The average molecular weight is 504 g/mol. The molecule has 2 aromatic carbocycles. The highest BCUT2D eigenvalue weighted by molar-refractivity contribution is 5.95. The Bertz CT molecular complexity index is 1310. The number of primary amides is 1. The zero-order valence-corrected chi connectivity index (χ0v) is 20.6. The van der Waals surface area contributed by atoms with Crippen molar-refractivity contribution < 1.29 is 24.2 Å². The lowest BCUT2D eigenvalue weighted by Crippen LogP contribution is -2.34. The normalized spacial score (nSPS) is 16.2. The Hall–Kier alpha value is -4.20. The number of anilines is 1. The van der Waals surface area contributed by atoms with Crippen molar-refractivity contribution in [3.63, 3.8) is 0 Å². The van der Waals surface area contributed by atoms with E-state index in [1.165, 1.54) is 6.33 Å². The molecule has 1 saturated heterocycles. The topological polar surface area (TPSA) is 133 Å². The number of rotatable bonds is 3. The molecule has 0 atom stereocenters. The molecule has 37 heavy (non-hydrogen) atoms. The van der Waals surface area contributed by atoms with Crippen LogP contribution in [-0.4, -0.2) is 64.2 Å². The van der Waals surface area contributed by atoms with Gasteiger partial charge in [-0.3, -0.25) is 9.59 Å². The molecule has 0 saturated carbocycles. The van der Waals surface area contributed by atoms with Gasteiger partial charge in [0, 0.05) is 25.5 Å². The quantitative estimate of drug-likeness (QED) is 0.520. The third-order valence-electron chi connectivity index (χ3n) is 5.97. The number of benzene rings is 2. The van der Waals surface area contributed by atoms with Crippen LogP contribution in [0, 0.1) is 11.8 Å². The number of hydrogen-bond donors (Lipinski definition) is 2. The molecule has 2 amide bonds. The predicted octanol–water partition coefficient (Wildman–Crippen LogP) is 1.75. The number of carbonyl (C=O) groups excluding carboxylic acids is 2. The van der Waals surface area contributed by atoms with Crippen molar-refractivity contribution in [2.75, 3.05) is 31.8 Å². The molecular weight excluding hydrogens is 474 g/mol. The molecule has 2 aliphatic heterocycles. The van der Waals surface area contributed by atoms with E-state index in [2.05, 4.69) is 21.9 Å². The van der Waals surface area contributed by atoms with Crippen LogP contribution in [0.3, 0.4) is 0 Å². The molecule has 1 aromatic heterocycles. The molecule has 3 heterocycles. The van der Waals surface area contributed by atoms with E-state index in [1.54, 1.807) is 16.6 Å². The summed E-state index contributed by atoms with van der Waals surface area (Å²) < 4.78 is 12.4. The number of amides is 2. The highest BCUT2D eigenvalue weighted by Crippen LogP contribution is 2.31. The zero-order valence-electron chi connectivity index (χ0n) is 20.6. The lowest BCUT2D eigenvalue weighted by atomic mass is 9.95. The van der Waals surface area contributed by atoms with Crippen LogP contribution in [0.2, 0.25) is 0 Å². The smallest absolute Gasteiger partial charge is 0.288 e. The molecule has 3 N–H and O–H groups in total. The van der Waals surface area contributed by atoms with Gasteiger partial charge in [-0.2, -0.15) is 0 Å². The van der Waals surface area contributed by atoms with Crippen LogP contribution in [-0.2, 0) is 16.1 Å². The zero-order chi connectivity index (χ0) is 26.3. The third-order valence-corrected chi connectivity index (χ3v) is 5.97. The fourth-order valence-corrected chi connectivity index (χ4v) is 3.81. The molecule has 3 aromatic rings. The summed E-state index contributed by atoms with van der Waals surface area (Å²) in [4.78, 5) is 28.0. The molecule has 0 unspecified atom stereocenters. The Morgan fingerprint density at radius 3 is 2.62 bits per heavy atom. The maximum Gasteiger partial charge on any atom is 0.288 e. The summed E-state index contributed by atoms with van der Waals surface area (Å²) in [7, 11) is 1.74. The van der Waals surface area contributed by atoms with Crippen LogP contribution in [0.5, 0.6) is 5.75 Å². The van der Waals surface area contributed by atoms with Gasteiger partial charge in [0.15, 0.2) is 0 Å². The van der Waals surface area contributed by atoms with E-state index in [4.69, 9.17) is 15.2 Å². The summed E-state index contributed by atoms with van der Waals surface area (Å²) in [5.41, 5.74) is 6.63. The molecule has 0 aliphatic carbocycles. The second kappa shape index (κ2) is 11.7. The van der Waals surface area contributed by atoms with Crippen LogP contribution in [0.1, 0.15) is 41.0 Å². The van der Waals surface area contributed by atoms with Crippen LogP contribution < -0.4 is 15.4 Å². The van der Waals surface area contributed by atoms with Crippen molar-refractivity contribution in [1.82, 2.24) is 14.8 Å². The van der Waals surface area contributed by atoms with Gasteiger partial charge in [-0.05, 0) is 23.8 Å². The van der Waals surface area contributed by atoms with Gasteiger partial charge in [0.2, 0.25) is 11.7 Å². The second-order valence-electron chi connectivity index (χ2n) is 8.74. The maximum absolute atomic E-state index is 11.9. The third kappa shape index (κ3) is 6.94. The highest BCUT2D eigenvalue weighted by atomic mass is 16.5. The van der Waals surface area contributed by atoms with E-state index in [0.29, 0.717) is 57.1 Å². The monoisotopic (exact) mass is 503 g/mol. The van der Waals surface area contributed by atoms with Crippen molar-refractivity contribution >= 4 is 17.5 Å². The number of nitrogens with two attached hydrogens (primary N) is 1. The van der Waals surface area contributed by atoms with Crippen LogP contribution in [0.25, 0.3) is 0 Å². The fourth-order valence-electron chi connectivity index (χ4n) is 3.81. The first-order valence-electron chi connectivity index (χ1n) is 11.9. The first-order valence-corrected chi connectivity index (χ1v) is 11.9. The SMILES string of the molecule is CN1C(=O)CCOc2ccc(C#CC3(O)CCOCC3)cc21.NC(=O)c1ncn(Cc2ccccc2)n1. The Kier molecular flexibility index (Phi) is 8.18. The van der Waals surface area contributed by atoms with Gasteiger partial charge in [0.05, 0.1) is 38.5 Å². The number of ether oxygens (including phenoxy) is 2.